The number of nitrogens with zero attached hydrogens (tertiary/aromatic N) is 2. The maximum Gasteiger partial charge on any atom is 0.353 e. The van der Waals surface area contributed by atoms with Gasteiger partial charge in [0.1, 0.15) is 4.83 Å². The summed E-state index contributed by atoms with van der Waals surface area (Å²) in [5, 5.41) is 15.1. The molecule has 48 valence electrons. The van der Waals surface area contributed by atoms with Gasteiger partial charge in [0.25, 0.3) is 0 Å². The first-order chi connectivity index (χ1) is 4.22. The Morgan fingerprint density at radius 3 is 2.78 bits per heavy atom. The quantitative estimate of drug-likeness (QED) is 0.604. The van der Waals surface area contributed by atoms with Crippen molar-refractivity contribution in [2.45, 2.75) is 4.83 Å². The van der Waals surface area contributed by atoms with Crippen LogP contribution < -0.4 is 0 Å². The Kier molecular flexibility index (Phi) is 1.61. The number of hydrogen-bond donors (Lipinski definition) is 1. The van der Waals surface area contributed by atoms with Gasteiger partial charge in [-0.3, -0.25) is 0 Å². The second-order valence-electron chi connectivity index (χ2n) is 1.46. The molecule has 0 fully saturated rings. The lowest BCUT2D eigenvalue weighted by Crippen LogP contribution is -2.21. The second kappa shape index (κ2) is 2.26. The van der Waals surface area contributed by atoms with Crippen LogP contribution in [0, 0.1) is 0 Å². The van der Waals surface area contributed by atoms with Gasteiger partial charge in [-0.25, -0.2) is 4.79 Å². The molecular weight excluding hydrogens is 188 g/mol. The number of carboxylic acids is 1. The average molecular weight is 191 g/mol. The Balaban J connectivity index is 2.76. The number of carboxylic acid groups (broad SMARTS) is 1. The topological polar surface area (TPSA) is 62.0 Å². The van der Waals surface area contributed by atoms with E-state index in [0.29, 0.717) is 0 Å². The van der Waals surface area contributed by atoms with Crippen molar-refractivity contribution < 1.29 is 9.90 Å². The van der Waals surface area contributed by atoms with E-state index >= 15 is 0 Å². The standard InChI is InChI=1S/C4H3BrN2O2/c5-2-1-6-7-3(2)4(8)9/h1-2H,(H,8,9)/t2-/m1/s1. The summed E-state index contributed by atoms with van der Waals surface area (Å²) >= 11 is 3.04. The fourth-order valence-corrected chi connectivity index (χ4v) is 0.834. The summed E-state index contributed by atoms with van der Waals surface area (Å²) in [5.41, 5.74) is 0.0370. The molecule has 1 N–H and O–H groups in total. The molecular formula is C4H3BrN2O2. The molecule has 0 aromatic heterocycles. The summed E-state index contributed by atoms with van der Waals surface area (Å²) < 4.78 is 0. The van der Waals surface area contributed by atoms with Gasteiger partial charge in [-0.05, 0) is 0 Å². The van der Waals surface area contributed by atoms with Crippen LogP contribution in [0.4, 0.5) is 0 Å². The Bertz CT molecular complexity index is 199. The molecule has 1 atom stereocenters. The summed E-state index contributed by atoms with van der Waals surface area (Å²) in [7, 11) is 0. The molecule has 1 aliphatic rings. The zero-order valence-corrected chi connectivity index (χ0v) is 5.87. The molecule has 0 aliphatic carbocycles. The molecule has 0 aromatic rings. The minimum Gasteiger partial charge on any atom is -0.477 e. The van der Waals surface area contributed by atoms with Crippen molar-refractivity contribution in [2.24, 2.45) is 10.2 Å². The highest BCUT2D eigenvalue weighted by atomic mass is 79.9. The van der Waals surface area contributed by atoms with Gasteiger partial charge >= 0.3 is 5.97 Å². The fourth-order valence-electron chi connectivity index (χ4n) is 0.441. The molecule has 0 radical (unpaired) electrons. The van der Waals surface area contributed by atoms with E-state index in [1.807, 2.05) is 0 Å². The molecule has 1 aliphatic heterocycles. The molecule has 4 nitrogen and oxygen atoms in total. The van der Waals surface area contributed by atoms with Gasteiger partial charge < -0.3 is 5.11 Å². The first kappa shape index (κ1) is 6.41. The number of halogens is 1. The normalized spacial score (nSPS) is 24.1. The van der Waals surface area contributed by atoms with E-state index in [2.05, 4.69) is 26.1 Å². The SMILES string of the molecule is O=C(O)C1=NN=C[C@H]1Br. The van der Waals surface area contributed by atoms with Crippen LogP contribution in [0.1, 0.15) is 0 Å². The number of rotatable bonds is 1. The van der Waals surface area contributed by atoms with E-state index in [0.717, 1.165) is 0 Å². The minimum atomic E-state index is -1.03. The molecule has 0 saturated carbocycles. The third-order valence-electron chi connectivity index (χ3n) is 0.843. The van der Waals surface area contributed by atoms with Crippen molar-refractivity contribution in [3.63, 3.8) is 0 Å². The first-order valence-electron chi connectivity index (χ1n) is 2.20. The van der Waals surface area contributed by atoms with E-state index < -0.39 is 5.97 Å². The Labute approximate surface area is 59.4 Å². The van der Waals surface area contributed by atoms with E-state index in [-0.39, 0.29) is 10.5 Å². The van der Waals surface area contributed by atoms with Gasteiger partial charge in [0.2, 0.25) is 0 Å². The van der Waals surface area contributed by atoms with E-state index in [4.69, 9.17) is 5.11 Å². The van der Waals surface area contributed by atoms with Gasteiger partial charge in [0.05, 0.1) is 0 Å². The lowest BCUT2D eigenvalue weighted by atomic mass is 10.3. The van der Waals surface area contributed by atoms with Crippen LogP contribution in [0.3, 0.4) is 0 Å². The summed E-state index contributed by atoms with van der Waals surface area (Å²) in [4.78, 5) is 9.85. The van der Waals surface area contributed by atoms with Gasteiger partial charge in [-0.2, -0.15) is 5.10 Å². The monoisotopic (exact) mass is 190 g/mol. The number of alkyl halides is 1. The van der Waals surface area contributed by atoms with Crippen molar-refractivity contribution in [2.75, 3.05) is 0 Å². The zero-order chi connectivity index (χ0) is 6.85. The van der Waals surface area contributed by atoms with Gasteiger partial charge in [-0.1, -0.05) is 15.9 Å². The number of hydrogen-bond acceptors (Lipinski definition) is 3. The third kappa shape index (κ3) is 1.16. The highest BCUT2D eigenvalue weighted by molar-refractivity contribution is 9.10. The predicted molar refractivity (Wildman–Crippen MR) is 36.3 cm³/mol. The van der Waals surface area contributed by atoms with Gasteiger partial charge in [-0.15, -0.1) is 5.10 Å². The maximum absolute atomic E-state index is 10.2. The van der Waals surface area contributed by atoms with E-state index in [1.54, 1.807) is 0 Å². The van der Waals surface area contributed by atoms with Crippen molar-refractivity contribution >= 4 is 33.8 Å². The summed E-state index contributed by atoms with van der Waals surface area (Å²) in [6.45, 7) is 0. The maximum atomic E-state index is 10.2. The lowest BCUT2D eigenvalue weighted by molar-refractivity contribution is -0.129. The molecule has 0 aromatic carbocycles. The number of carbonyl (C=O) groups is 1. The largest absolute Gasteiger partial charge is 0.477 e. The molecule has 0 saturated heterocycles. The second-order valence-corrected chi connectivity index (χ2v) is 2.44. The fraction of sp³-hybridized carbons (Fsp3) is 0.250. The Morgan fingerprint density at radius 2 is 2.56 bits per heavy atom. The van der Waals surface area contributed by atoms with Crippen molar-refractivity contribution in [1.29, 1.82) is 0 Å². The highest BCUT2D eigenvalue weighted by Gasteiger charge is 2.21. The summed E-state index contributed by atoms with van der Waals surface area (Å²) in [6.07, 6.45) is 1.42. The van der Waals surface area contributed by atoms with Gasteiger partial charge in [0.15, 0.2) is 5.71 Å². The first-order valence-corrected chi connectivity index (χ1v) is 3.12. The van der Waals surface area contributed by atoms with Crippen LogP contribution in [0.25, 0.3) is 0 Å². The molecule has 9 heavy (non-hydrogen) atoms. The molecule has 5 heteroatoms. The van der Waals surface area contributed by atoms with Crippen molar-refractivity contribution in [1.82, 2.24) is 0 Å². The Hall–Kier alpha value is -0.710. The molecule has 1 heterocycles. The van der Waals surface area contributed by atoms with Crippen LogP contribution in [-0.2, 0) is 4.79 Å². The van der Waals surface area contributed by atoms with Crippen LogP contribution in [-0.4, -0.2) is 27.8 Å². The molecule has 0 bridgehead atoms. The van der Waals surface area contributed by atoms with Gasteiger partial charge in [0, 0.05) is 6.21 Å². The highest BCUT2D eigenvalue weighted by Crippen LogP contribution is 2.05. The average Bonchev–Trinajstić information content (AvgIpc) is 2.13. The lowest BCUT2D eigenvalue weighted by Gasteiger charge is -1.92. The Morgan fingerprint density at radius 1 is 1.89 bits per heavy atom. The molecule has 0 unspecified atom stereocenters. The molecule has 1 rings (SSSR count). The predicted octanol–water partition coefficient (Wildman–Crippen LogP) is 0.275. The number of aliphatic carboxylic acids is 1. The van der Waals surface area contributed by atoms with Crippen LogP contribution in [0.2, 0.25) is 0 Å². The van der Waals surface area contributed by atoms with Crippen LogP contribution in [0.5, 0.6) is 0 Å². The van der Waals surface area contributed by atoms with E-state index in [1.165, 1.54) is 6.21 Å². The zero-order valence-electron chi connectivity index (χ0n) is 4.28. The molecule has 0 amide bonds. The molecule has 0 spiro atoms. The minimum absolute atomic E-state index is 0.0370. The van der Waals surface area contributed by atoms with E-state index in [9.17, 15) is 4.79 Å². The van der Waals surface area contributed by atoms with Crippen molar-refractivity contribution in [3.05, 3.63) is 0 Å². The third-order valence-corrected chi connectivity index (χ3v) is 1.51. The summed E-state index contributed by atoms with van der Waals surface area (Å²) in [5.74, 6) is -1.03. The van der Waals surface area contributed by atoms with Crippen molar-refractivity contribution in [3.8, 4) is 0 Å². The summed E-state index contributed by atoms with van der Waals surface area (Å²) in [6, 6.07) is 0. The van der Waals surface area contributed by atoms with Crippen LogP contribution >= 0.6 is 15.9 Å². The van der Waals surface area contributed by atoms with Crippen LogP contribution in [0.15, 0.2) is 10.2 Å². The smallest absolute Gasteiger partial charge is 0.353 e.